The van der Waals surface area contributed by atoms with Crippen molar-refractivity contribution >= 4 is 11.6 Å². The molecule has 0 unspecified atom stereocenters. The molecule has 19 heavy (non-hydrogen) atoms. The number of benzene rings is 1. The molecule has 1 fully saturated rings. The van der Waals surface area contributed by atoms with Crippen LogP contribution in [0.3, 0.4) is 0 Å². The van der Waals surface area contributed by atoms with Crippen LogP contribution in [-0.2, 0) is 13.1 Å². The molecule has 6 heteroatoms. The van der Waals surface area contributed by atoms with E-state index in [9.17, 15) is 4.39 Å². The van der Waals surface area contributed by atoms with E-state index in [1.54, 1.807) is 16.8 Å². The second-order valence-corrected chi connectivity index (χ2v) is 5.22. The van der Waals surface area contributed by atoms with E-state index in [0.717, 1.165) is 17.8 Å². The van der Waals surface area contributed by atoms with Crippen LogP contribution in [0.2, 0.25) is 5.02 Å². The Morgan fingerprint density at radius 1 is 1.42 bits per heavy atom. The van der Waals surface area contributed by atoms with Gasteiger partial charge in [0.15, 0.2) is 0 Å². The van der Waals surface area contributed by atoms with Crippen LogP contribution in [-0.4, -0.2) is 21.0 Å². The van der Waals surface area contributed by atoms with E-state index in [2.05, 4.69) is 15.6 Å². The van der Waals surface area contributed by atoms with E-state index >= 15 is 0 Å². The third-order valence-electron chi connectivity index (χ3n) is 3.06. The highest BCUT2D eigenvalue weighted by Gasteiger charge is 2.20. The Kier molecular flexibility index (Phi) is 3.48. The van der Waals surface area contributed by atoms with E-state index in [1.165, 1.54) is 18.9 Å². The number of rotatable bonds is 5. The van der Waals surface area contributed by atoms with Crippen molar-refractivity contribution in [1.29, 1.82) is 0 Å². The molecule has 0 amide bonds. The third-order valence-corrected chi connectivity index (χ3v) is 3.37. The highest BCUT2D eigenvalue weighted by molar-refractivity contribution is 6.30. The molecular formula is C13H14ClFN4. The van der Waals surface area contributed by atoms with Crippen molar-refractivity contribution in [2.45, 2.75) is 32.0 Å². The van der Waals surface area contributed by atoms with Gasteiger partial charge in [0.05, 0.1) is 23.5 Å². The summed E-state index contributed by atoms with van der Waals surface area (Å²) in [4.78, 5) is 0. The van der Waals surface area contributed by atoms with E-state index in [-0.39, 0.29) is 5.02 Å². The van der Waals surface area contributed by atoms with Gasteiger partial charge in [0, 0.05) is 12.6 Å². The summed E-state index contributed by atoms with van der Waals surface area (Å²) in [5, 5.41) is 11.6. The summed E-state index contributed by atoms with van der Waals surface area (Å²) in [7, 11) is 0. The first-order valence-corrected chi connectivity index (χ1v) is 6.65. The van der Waals surface area contributed by atoms with Crippen molar-refractivity contribution in [3.63, 3.8) is 0 Å². The van der Waals surface area contributed by atoms with Crippen molar-refractivity contribution in [3.8, 4) is 0 Å². The van der Waals surface area contributed by atoms with Crippen LogP contribution in [0.5, 0.6) is 0 Å². The first-order valence-electron chi connectivity index (χ1n) is 6.27. The average molecular weight is 281 g/mol. The summed E-state index contributed by atoms with van der Waals surface area (Å²) >= 11 is 5.65. The Morgan fingerprint density at radius 3 is 3.00 bits per heavy atom. The monoisotopic (exact) mass is 280 g/mol. The predicted molar refractivity (Wildman–Crippen MR) is 70.4 cm³/mol. The maximum Gasteiger partial charge on any atom is 0.142 e. The predicted octanol–water partition coefficient (Wildman–Crippen LogP) is 2.37. The standard InChI is InChI=1S/C13H14ClFN4/c14-12-4-1-9(5-13(12)15)7-19-8-11(17-18-19)6-16-10-2-3-10/h1,4-5,8,10,16H,2-3,6-7H2. The third kappa shape index (κ3) is 3.30. The summed E-state index contributed by atoms with van der Waals surface area (Å²) in [6.07, 6.45) is 4.37. The van der Waals surface area contributed by atoms with Crippen LogP contribution in [0, 0.1) is 5.82 Å². The second-order valence-electron chi connectivity index (χ2n) is 4.81. The lowest BCUT2D eigenvalue weighted by molar-refractivity contribution is 0.614. The Morgan fingerprint density at radius 2 is 2.26 bits per heavy atom. The van der Waals surface area contributed by atoms with Gasteiger partial charge in [0.1, 0.15) is 5.82 Å². The van der Waals surface area contributed by atoms with Crippen molar-refractivity contribution in [2.24, 2.45) is 0 Å². The molecule has 4 nitrogen and oxygen atoms in total. The second kappa shape index (κ2) is 5.27. The smallest absolute Gasteiger partial charge is 0.142 e. The van der Waals surface area contributed by atoms with Gasteiger partial charge >= 0.3 is 0 Å². The van der Waals surface area contributed by atoms with Crippen molar-refractivity contribution < 1.29 is 4.39 Å². The van der Waals surface area contributed by atoms with E-state index in [4.69, 9.17) is 11.6 Å². The first-order chi connectivity index (χ1) is 9.20. The highest BCUT2D eigenvalue weighted by atomic mass is 35.5. The summed E-state index contributed by atoms with van der Waals surface area (Å²) in [6.45, 7) is 1.23. The molecular weight excluding hydrogens is 267 g/mol. The molecule has 1 aromatic carbocycles. The molecule has 1 saturated carbocycles. The quantitative estimate of drug-likeness (QED) is 0.914. The zero-order chi connectivity index (χ0) is 13.2. The normalized spacial score (nSPS) is 14.8. The molecule has 3 rings (SSSR count). The minimum Gasteiger partial charge on any atom is -0.308 e. The molecule has 0 atom stereocenters. The molecule has 0 spiro atoms. The molecule has 2 aromatic rings. The molecule has 1 aliphatic rings. The number of hydrogen-bond donors (Lipinski definition) is 1. The molecule has 1 aliphatic carbocycles. The van der Waals surface area contributed by atoms with Gasteiger partial charge in [-0.05, 0) is 30.5 Å². The summed E-state index contributed by atoms with van der Waals surface area (Å²) in [5.74, 6) is -0.407. The van der Waals surface area contributed by atoms with E-state index in [1.807, 2.05) is 6.20 Å². The van der Waals surface area contributed by atoms with Gasteiger partial charge in [-0.3, -0.25) is 0 Å². The highest BCUT2D eigenvalue weighted by Crippen LogP contribution is 2.19. The zero-order valence-electron chi connectivity index (χ0n) is 10.3. The minimum absolute atomic E-state index is 0.136. The number of hydrogen-bond acceptors (Lipinski definition) is 3. The van der Waals surface area contributed by atoms with E-state index in [0.29, 0.717) is 12.6 Å². The Bertz CT molecular complexity index is 580. The number of halogens is 2. The lowest BCUT2D eigenvalue weighted by Gasteiger charge is -2.02. The minimum atomic E-state index is -0.407. The van der Waals surface area contributed by atoms with Crippen molar-refractivity contribution in [1.82, 2.24) is 20.3 Å². The van der Waals surface area contributed by atoms with Gasteiger partial charge in [-0.2, -0.15) is 0 Å². The van der Waals surface area contributed by atoms with Crippen LogP contribution >= 0.6 is 11.6 Å². The lowest BCUT2D eigenvalue weighted by Crippen LogP contribution is -2.15. The molecule has 100 valence electrons. The fourth-order valence-electron chi connectivity index (χ4n) is 1.86. The molecule has 1 N–H and O–H groups in total. The first kappa shape index (κ1) is 12.6. The van der Waals surface area contributed by atoms with Crippen LogP contribution in [0.1, 0.15) is 24.1 Å². The van der Waals surface area contributed by atoms with Gasteiger partial charge in [-0.25, -0.2) is 9.07 Å². The Labute approximate surface area is 115 Å². The summed E-state index contributed by atoms with van der Waals surface area (Å²) in [5.41, 5.74) is 1.72. The maximum atomic E-state index is 13.3. The van der Waals surface area contributed by atoms with Crippen LogP contribution in [0.15, 0.2) is 24.4 Å². The topological polar surface area (TPSA) is 42.7 Å². The van der Waals surface area contributed by atoms with Crippen LogP contribution in [0.25, 0.3) is 0 Å². The van der Waals surface area contributed by atoms with Gasteiger partial charge in [0.2, 0.25) is 0 Å². The van der Waals surface area contributed by atoms with Crippen molar-refractivity contribution in [3.05, 3.63) is 46.5 Å². The fourth-order valence-corrected chi connectivity index (χ4v) is 1.98. The molecule has 0 bridgehead atoms. The zero-order valence-corrected chi connectivity index (χ0v) is 11.1. The molecule has 1 heterocycles. The van der Waals surface area contributed by atoms with Gasteiger partial charge in [-0.15, -0.1) is 5.10 Å². The largest absolute Gasteiger partial charge is 0.308 e. The average Bonchev–Trinajstić information content (AvgIpc) is 3.12. The van der Waals surface area contributed by atoms with Crippen molar-refractivity contribution in [2.75, 3.05) is 0 Å². The molecule has 0 radical (unpaired) electrons. The van der Waals surface area contributed by atoms with Gasteiger partial charge < -0.3 is 5.32 Å². The van der Waals surface area contributed by atoms with E-state index < -0.39 is 5.82 Å². The maximum absolute atomic E-state index is 13.3. The van der Waals surface area contributed by atoms with Gasteiger partial charge in [-0.1, -0.05) is 22.9 Å². The number of nitrogens with zero attached hydrogens (tertiary/aromatic N) is 3. The molecule has 0 aliphatic heterocycles. The summed E-state index contributed by atoms with van der Waals surface area (Å²) in [6, 6.07) is 5.41. The Balaban J connectivity index is 1.63. The fraction of sp³-hybridized carbons (Fsp3) is 0.385. The lowest BCUT2D eigenvalue weighted by atomic mass is 10.2. The van der Waals surface area contributed by atoms with Gasteiger partial charge in [0.25, 0.3) is 0 Å². The number of nitrogens with one attached hydrogen (secondary N) is 1. The SMILES string of the molecule is Fc1cc(Cn2cc(CNC3CC3)nn2)ccc1Cl. The van der Waals surface area contributed by atoms with Crippen LogP contribution in [0.4, 0.5) is 4.39 Å². The molecule has 0 saturated heterocycles. The molecule has 1 aromatic heterocycles. The number of aromatic nitrogens is 3. The summed E-state index contributed by atoms with van der Waals surface area (Å²) < 4.78 is 15.0. The Hall–Kier alpha value is -1.46. The van der Waals surface area contributed by atoms with Crippen LogP contribution < -0.4 is 5.32 Å².